The van der Waals surface area contributed by atoms with E-state index in [-0.39, 0.29) is 21.1 Å². The second-order valence-corrected chi connectivity index (χ2v) is 11.3. The Labute approximate surface area is 273 Å². The van der Waals surface area contributed by atoms with Crippen LogP contribution in [0.4, 0.5) is 0 Å². The van der Waals surface area contributed by atoms with Crippen molar-refractivity contribution >= 4 is 44.4 Å². The molecule has 3 aromatic heterocycles. The van der Waals surface area contributed by atoms with Crippen molar-refractivity contribution in [2.75, 3.05) is 0 Å². The normalized spacial score (nSPS) is 13.2. The SMILES string of the molecule is [CH2-]c1c2nc(cc3[n-]c(c([CH2-])c4nc(cc5[n-]c1c(CC)c5CC)C(CC)=C4CC)c(CC)c3CC)C(CC)=C2CC.[Pt+4]. The average molecular weight is 754 g/mol. The van der Waals surface area contributed by atoms with E-state index in [0.717, 1.165) is 107 Å². The summed E-state index contributed by atoms with van der Waals surface area (Å²) in [6.45, 7) is 27.1. The van der Waals surface area contributed by atoms with Crippen LogP contribution in [0.1, 0.15) is 137 Å². The van der Waals surface area contributed by atoms with Gasteiger partial charge in [0.05, 0.1) is 0 Å². The molecule has 0 aromatic carbocycles. The molecule has 0 unspecified atom stereocenters. The monoisotopic (exact) mass is 753 g/mol. The molecule has 228 valence electrons. The first-order valence-electron chi connectivity index (χ1n) is 16.1. The number of hydrogen-bond donors (Lipinski definition) is 0. The maximum atomic E-state index is 5.30. The number of rotatable bonds is 8. The molecule has 2 aliphatic rings. The van der Waals surface area contributed by atoms with Crippen molar-refractivity contribution in [2.45, 2.75) is 107 Å². The number of allylic oxidation sites excluding steroid dienone is 4. The number of fused-ring (bicyclic) bond motifs is 8. The van der Waals surface area contributed by atoms with E-state index in [4.69, 9.17) is 19.9 Å². The molecule has 43 heavy (non-hydrogen) atoms. The molecule has 0 radical (unpaired) electrons. The maximum Gasteiger partial charge on any atom is 4.00 e. The van der Waals surface area contributed by atoms with E-state index in [0.29, 0.717) is 0 Å². The summed E-state index contributed by atoms with van der Waals surface area (Å²) in [5, 5.41) is 0. The molecule has 4 nitrogen and oxygen atoms in total. The Balaban J connectivity index is 0.00000423. The van der Waals surface area contributed by atoms with E-state index in [1.54, 1.807) is 0 Å². The zero-order valence-corrected chi connectivity index (χ0v) is 29.6. The van der Waals surface area contributed by atoms with Crippen LogP contribution in [-0.2, 0) is 46.7 Å². The van der Waals surface area contributed by atoms with Crippen molar-refractivity contribution in [2.24, 2.45) is 0 Å². The molecule has 0 spiro atoms. The van der Waals surface area contributed by atoms with Crippen molar-refractivity contribution in [3.8, 4) is 0 Å². The van der Waals surface area contributed by atoms with Crippen molar-refractivity contribution < 1.29 is 21.1 Å². The van der Waals surface area contributed by atoms with Crippen molar-refractivity contribution in [3.63, 3.8) is 0 Å². The van der Waals surface area contributed by atoms with E-state index in [2.05, 4.69) is 81.4 Å². The van der Waals surface area contributed by atoms with Gasteiger partial charge in [0.15, 0.2) is 0 Å². The van der Waals surface area contributed by atoms with Crippen LogP contribution in [0.5, 0.6) is 0 Å². The summed E-state index contributed by atoms with van der Waals surface area (Å²) in [4.78, 5) is 21.2. The summed E-state index contributed by atoms with van der Waals surface area (Å²) >= 11 is 0. The second kappa shape index (κ2) is 13.3. The molecule has 0 atom stereocenters. The molecule has 0 fully saturated rings. The molecule has 5 rings (SSSR count). The second-order valence-electron chi connectivity index (χ2n) is 11.3. The number of hydrogen-bond acceptors (Lipinski definition) is 2. The third-order valence-electron chi connectivity index (χ3n) is 9.28. The predicted octanol–water partition coefficient (Wildman–Crippen LogP) is 9.65. The van der Waals surface area contributed by atoms with E-state index < -0.39 is 0 Å². The van der Waals surface area contributed by atoms with E-state index in [1.807, 2.05) is 0 Å². The standard InChI is InChI=1S/C38H46N4.Pt/c1-11-23-27(15-5)35-21(9)36-29(17-7)25(13-3)33(41-36)20-34-26(14-4)30(18-8)38(42-34)22(10)37-28(16-6)24(12-2)32(40-37)19-31(23)39-35;/h19-20H,9-18H2,1-8H3;/q-4;+4. The number of aromatic nitrogens is 4. The Hall–Kier alpha value is -2.97. The zero-order valence-electron chi connectivity index (χ0n) is 27.3. The largest absolute Gasteiger partial charge is 4.00 e. The van der Waals surface area contributed by atoms with Crippen LogP contribution < -0.4 is 9.97 Å². The Morgan fingerprint density at radius 2 is 0.814 bits per heavy atom. The molecule has 5 heterocycles. The summed E-state index contributed by atoms with van der Waals surface area (Å²) in [5.74, 6) is 0. The fourth-order valence-electron chi connectivity index (χ4n) is 7.27. The minimum Gasteiger partial charge on any atom is -0.715 e. The van der Waals surface area contributed by atoms with Gasteiger partial charge in [-0.1, -0.05) is 89.8 Å². The van der Waals surface area contributed by atoms with Gasteiger partial charge in [0.25, 0.3) is 0 Å². The molecule has 2 aliphatic heterocycles. The van der Waals surface area contributed by atoms with Crippen molar-refractivity contribution in [1.29, 1.82) is 0 Å². The van der Waals surface area contributed by atoms with Gasteiger partial charge in [-0.05, 0) is 73.9 Å². The quantitative estimate of drug-likeness (QED) is 0.215. The number of aryl methyl sites for hydroxylation is 4. The first kappa shape index (κ1) is 32.9. The van der Waals surface area contributed by atoms with Crippen LogP contribution in [-0.4, -0.2) is 9.97 Å². The Morgan fingerprint density at radius 3 is 1.09 bits per heavy atom. The van der Waals surface area contributed by atoms with Crippen LogP contribution in [0.25, 0.3) is 44.4 Å². The van der Waals surface area contributed by atoms with Gasteiger partial charge in [-0.2, -0.15) is 25.0 Å². The van der Waals surface area contributed by atoms with Crippen LogP contribution in [0, 0.1) is 13.8 Å². The van der Waals surface area contributed by atoms with Gasteiger partial charge in [-0.3, -0.25) is 0 Å². The molecular formula is C38H46N4Pt. The Bertz CT molecular complexity index is 1650. The first-order valence-corrected chi connectivity index (χ1v) is 16.1. The first-order chi connectivity index (χ1) is 20.3. The smallest absolute Gasteiger partial charge is 0.715 e. The molecule has 5 heteroatoms. The van der Waals surface area contributed by atoms with Crippen molar-refractivity contribution in [1.82, 2.24) is 19.9 Å². The average Bonchev–Trinajstić information content (AvgIpc) is 3.74. The van der Waals surface area contributed by atoms with Gasteiger partial charge < -0.3 is 19.9 Å². The van der Waals surface area contributed by atoms with Gasteiger partial charge in [-0.15, -0.1) is 22.2 Å². The molecular weight excluding hydrogens is 708 g/mol. The van der Waals surface area contributed by atoms with Gasteiger partial charge in [-0.25, -0.2) is 11.0 Å². The van der Waals surface area contributed by atoms with Gasteiger partial charge in [0.1, 0.15) is 0 Å². The number of nitrogens with zero attached hydrogens (tertiary/aromatic N) is 4. The van der Waals surface area contributed by atoms with E-state index in [1.165, 1.54) is 44.5 Å². The molecule has 0 saturated carbocycles. The van der Waals surface area contributed by atoms with E-state index >= 15 is 0 Å². The fourth-order valence-corrected chi connectivity index (χ4v) is 7.27. The summed E-state index contributed by atoms with van der Waals surface area (Å²) < 4.78 is 0. The van der Waals surface area contributed by atoms with Crippen LogP contribution in [0.15, 0.2) is 12.1 Å². The summed E-state index contributed by atoms with van der Waals surface area (Å²) in [7, 11) is 0. The van der Waals surface area contributed by atoms with E-state index in [9.17, 15) is 0 Å². The Kier molecular flexibility index (Phi) is 10.2. The maximum absolute atomic E-state index is 5.30. The summed E-state index contributed by atoms with van der Waals surface area (Å²) in [6.07, 6.45) is 7.23. The third-order valence-corrected chi connectivity index (χ3v) is 9.28. The van der Waals surface area contributed by atoms with Crippen LogP contribution in [0.2, 0.25) is 0 Å². The Morgan fingerprint density at radius 1 is 0.488 bits per heavy atom. The minimum absolute atomic E-state index is 0. The molecule has 0 amide bonds. The predicted molar refractivity (Wildman–Crippen MR) is 180 cm³/mol. The molecule has 0 saturated heterocycles. The summed E-state index contributed by atoms with van der Waals surface area (Å²) in [6, 6.07) is 4.43. The van der Waals surface area contributed by atoms with Gasteiger partial charge in [0, 0.05) is 11.4 Å². The fraction of sp³-hybridized carbons (Fsp3) is 0.421. The molecule has 8 bridgehead atoms. The molecule has 0 N–H and O–H groups in total. The van der Waals surface area contributed by atoms with Crippen LogP contribution >= 0.6 is 0 Å². The topological polar surface area (TPSA) is 54.0 Å². The molecule has 0 aliphatic carbocycles. The zero-order chi connectivity index (χ0) is 30.3. The van der Waals surface area contributed by atoms with Crippen LogP contribution in [0.3, 0.4) is 0 Å². The summed E-state index contributed by atoms with van der Waals surface area (Å²) in [5.41, 5.74) is 20.1. The molecule has 3 aromatic rings. The van der Waals surface area contributed by atoms with Crippen molar-refractivity contribution in [3.05, 3.63) is 82.1 Å². The third kappa shape index (κ3) is 5.24. The van der Waals surface area contributed by atoms with Gasteiger partial charge >= 0.3 is 21.1 Å². The minimum atomic E-state index is 0. The van der Waals surface area contributed by atoms with Gasteiger partial charge in [0.2, 0.25) is 0 Å².